The Morgan fingerprint density at radius 1 is 1.22 bits per heavy atom. The van der Waals surface area contributed by atoms with Gasteiger partial charge in [0.05, 0.1) is 0 Å². The van der Waals surface area contributed by atoms with Gasteiger partial charge in [-0.2, -0.15) is 0 Å². The van der Waals surface area contributed by atoms with Gasteiger partial charge in [-0.25, -0.2) is 9.18 Å². The molecule has 1 saturated heterocycles. The zero-order valence-corrected chi connectivity index (χ0v) is 15.2. The Bertz CT molecular complexity index is 903. The van der Waals surface area contributed by atoms with Crippen molar-refractivity contribution in [1.82, 2.24) is 10.2 Å². The van der Waals surface area contributed by atoms with Crippen LogP contribution >= 0.6 is 11.6 Å². The van der Waals surface area contributed by atoms with E-state index in [0.29, 0.717) is 17.0 Å². The number of hydrogen-bond donors (Lipinski definition) is 2. The van der Waals surface area contributed by atoms with Crippen LogP contribution in [0.1, 0.15) is 18.9 Å². The Hall–Kier alpha value is -2.93. The molecule has 0 aromatic heterocycles. The van der Waals surface area contributed by atoms with E-state index >= 15 is 0 Å². The first-order valence-electron chi connectivity index (χ1n) is 8.31. The number of urea groups is 1. The van der Waals surface area contributed by atoms with E-state index in [1.807, 2.05) is 0 Å². The number of amides is 4. The first kappa shape index (κ1) is 18.8. The molecule has 3 rings (SSSR count). The summed E-state index contributed by atoms with van der Waals surface area (Å²) in [6.07, 6.45) is 0.307. The highest BCUT2D eigenvalue weighted by atomic mass is 35.5. The lowest BCUT2D eigenvalue weighted by atomic mass is 9.87. The van der Waals surface area contributed by atoms with Crippen LogP contribution in [0.4, 0.5) is 14.9 Å². The van der Waals surface area contributed by atoms with Gasteiger partial charge < -0.3 is 10.6 Å². The summed E-state index contributed by atoms with van der Waals surface area (Å²) in [6.45, 7) is 1.29. The SMILES string of the molecule is CCC1(c2ccc(Cl)cc2)NC(=O)N(CC(=O)Nc2cccc(F)c2)C1=O. The summed E-state index contributed by atoms with van der Waals surface area (Å²) in [5.41, 5.74) is -0.423. The molecule has 0 aliphatic carbocycles. The summed E-state index contributed by atoms with van der Waals surface area (Å²) in [7, 11) is 0. The number of anilines is 1. The highest BCUT2D eigenvalue weighted by Gasteiger charge is 2.51. The standard InChI is InChI=1S/C19H17ClFN3O3/c1-2-19(12-6-8-13(20)9-7-12)17(26)24(18(27)23-19)11-16(25)22-15-5-3-4-14(21)10-15/h3-10H,2,11H2,1H3,(H,22,25)(H,23,27). The summed E-state index contributed by atoms with van der Waals surface area (Å²) >= 11 is 5.90. The quantitative estimate of drug-likeness (QED) is 0.770. The Kier molecular flexibility index (Phi) is 5.14. The van der Waals surface area contributed by atoms with Gasteiger partial charge in [0, 0.05) is 10.7 Å². The number of rotatable bonds is 5. The maximum Gasteiger partial charge on any atom is 0.325 e. The fourth-order valence-electron chi connectivity index (χ4n) is 3.05. The van der Waals surface area contributed by atoms with Crippen LogP contribution in [0.5, 0.6) is 0 Å². The average molecular weight is 390 g/mol. The van der Waals surface area contributed by atoms with Crippen molar-refractivity contribution in [2.45, 2.75) is 18.9 Å². The van der Waals surface area contributed by atoms with Gasteiger partial charge in [-0.1, -0.05) is 36.7 Å². The lowest BCUT2D eigenvalue weighted by molar-refractivity contribution is -0.134. The molecule has 1 unspecified atom stereocenters. The molecule has 0 bridgehead atoms. The van der Waals surface area contributed by atoms with Gasteiger partial charge >= 0.3 is 6.03 Å². The second-order valence-corrected chi connectivity index (χ2v) is 6.58. The molecule has 4 amide bonds. The largest absolute Gasteiger partial charge is 0.325 e. The molecule has 27 heavy (non-hydrogen) atoms. The van der Waals surface area contributed by atoms with E-state index in [1.54, 1.807) is 31.2 Å². The zero-order chi connectivity index (χ0) is 19.6. The molecule has 140 valence electrons. The van der Waals surface area contributed by atoms with E-state index in [1.165, 1.54) is 18.2 Å². The molecule has 8 heteroatoms. The van der Waals surface area contributed by atoms with Gasteiger partial charge in [0.25, 0.3) is 5.91 Å². The van der Waals surface area contributed by atoms with Crippen molar-refractivity contribution in [2.24, 2.45) is 0 Å². The molecule has 0 spiro atoms. The van der Waals surface area contributed by atoms with Crippen molar-refractivity contribution < 1.29 is 18.8 Å². The second kappa shape index (κ2) is 7.36. The van der Waals surface area contributed by atoms with Crippen molar-refractivity contribution >= 4 is 35.1 Å². The number of nitrogens with one attached hydrogen (secondary N) is 2. The number of halogens is 2. The molecule has 2 aromatic rings. The number of carbonyl (C=O) groups excluding carboxylic acids is 3. The maximum absolute atomic E-state index is 13.2. The number of nitrogens with zero attached hydrogens (tertiary/aromatic N) is 1. The first-order chi connectivity index (χ1) is 12.9. The van der Waals surface area contributed by atoms with Crippen LogP contribution in [-0.2, 0) is 15.1 Å². The molecule has 2 N–H and O–H groups in total. The predicted octanol–water partition coefficient (Wildman–Crippen LogP) is 3.27. The number of carbonyl (C=O) groups is 3. The Morgan fingerprint density at radius 3 is 2.56 bits per heavy atom. The van der Waals surface area contributed by atoms with Crippen LogP contribution in [0.15, 0.2) is 48.5 Å². The molecule has 1 heterocycles. The molecule has 1 atom stereocenters. The van der Waals surface area contributed by atoms with Crippen LogP contribution in [0.2, 0.25) is 5.02 Å². The third kappa shape index (κ3) is 3.64. The molecule has 1 aliphatic rings. The average Bonchev–Trinajstić information content (AvgIpc) is 2.87. The molecular formula is C19H17ClFN3O3. The fourth-order valence-corrected chi connectivity index (χ4v) is 3.18. The van der Waals surface area contributed by atoms with Gasteiger partial charge in [0.2, 0.25) is 5.91 Å². The minimum Gasteiger partial charge on any atom is -0.324 e. The lowest BCUT2D eigenvalue weighted by Crippen LogP contribution is -2.44. The van der Waals surface area contributed by atoms with Crippen LogP contribution in [0.25, 0.3) is 0 Å². The molecule has 1 fully saturated rings. The predicted molar refractivity (Wildman–Crippen MR) is 98.7 cm³/mol. The summed E-state index contributed by atoms with van der Waals surface area (Å²) < 4.78 is 13.2. The normalized spacial score (nSPS) is 19.1. The molecule has 2 aromatic carbocycles. The Balaban J connectivity index is 1.78. The van der Waals surface area contributed by atoms with Gasteiger partial charge in [0.15, 0.2) is 0 Å². The van der Waals surface area contributed by atoms with Crippen molar-refractivity contribution in [1.29, 1.82) is 0 Å². The third-order valence-electron chi connectivity index (χ3n) is 4.45. The van der Waals surface area contributed by atoms with Crippen LogP contribution < -0.4 is 10.6 Å². The van der Waals surface area contributed by atoms with E-state index in [2.05, 4.69) is 10.6 Å². The van der Waals surface area contributed by atoms with Crippen molar-refractivity contribution in [3.63, 3.8) is 0 Å². The fraction of sp³-hybridized carbons (Fsp3) is 0.211. The maximum atomic E-state index is 13.2. The smallest absolute Gasteiger partial charge is 0.324 e. The lowest BCUT2D eigenvalue weighted by Gasteiger charge is -2.25. The van der Waals surface area contributed by atoms with Gasteiger partial charge in [-0.05, 0) is 42.3 Å². The van der Waals surface area contributed by atoms with E-state index in [4.69, 9.17) is 11.6 Å². The summed E-state index contributed by atoms with van der Waals surface area (Å²) in [5.74, 6) is -1.63. The summed E-state index contributed by atoms with van der Waals surface area (Å²) in [6, 6.07) is 11.3. The molecule has 0 radical (unpaired) electrons. The molecule has 6 nitrogen and oxygen atoms in total. The zero-order valence-electron chi connectivity index (χ0n) is 14.5. The van der Waals surface area contributed by atoms with E-state index in [0.717, 1.165) is 11.0 Å². The second-order valence-electron chi connectivity index (χ2n) is 6.15. The highest BCUT2D eigenvalue weighted by Crippen LogP contribution is 2.33. The number of hydrogen-bond acceptors (Lipinski definition) is 3. The van der Waals surface area contributed by atoms with Crippen molar-refractivity contribution in [3.8, 4) is 0 Å². The Labute approximate surface area is 160 Å². The van der Waals surface area contributed by atoms with E-state index < -0.39 is 35.7 Å². The highest BCUT2D eigenvalue weighted by molar-refractivity contribution is 6.30. The van der Waals surface area contributed by atoms with Crippen LogP contribution in [0.3, 0.4) is 0 Å². The van der Waals surface area contributed by atoms with Crippen LogP contribution in [0, 0.1) is 5.82 Å². The topological polar surface area (TPSA) is 78.5 Å². The van der Waals surface area contributed by atoms with Gasteiger partial charge in [0.1, 0.15) is 17.9 Å². The van der Waals surface area contributed by atoms with Gasteiger partial charge in [-0.15, -0.1) is 0 Å². The number of imide groups is 1. The molecular weight excluding hydrogens is 373 g/mol. The molecule has 0 saturated carbocycles. The van der Waals surface area contributed by atoms with Crippen LogP contribution in [-0.4, -0.2) is 29.3 Å². The summed E-state index contributed by atoms with van der Waals surface area (Å²) in [5, 5.41) is 5.67. The third-order valence-corrected chi connectivity index (χ3v) is 4.71. The summed E-state index contributed by atoms with van der Waals surface area (Å²) in [4.78, 5) is 38.4. The minimum atomic E-state index is -1.25. The molecule has 1 aliphatic heterocycles. The minimum absolute atomic E-state index is 0.242. The van der Waals surface area contributed by atoms with E-state index in [9.17, 15) is 18.8 Å². The number of benzene rings is 2. The van der Waals surface area contributed by atoms with E-state index in [-0.39, 0.29) is 5.69 Å². The monoisotopic (exact) mass is 389 g/mol. The van der Waals surface area contributed by atoms with Crippen molar-refractivity contribution in [2.75, 3.05) is 11.9 Å². The van der Waals surface area contributed by atoms with Gasteiger partial charge in [-0.3, -0.25) is 14.5 Å². The first-order valence-corrected chi connectivity index (χ1v) is 8.69. The Morgan fingerprint density at radius 2 is 1.93 bits per heavy atom. The van der Waals surface area contributed by atoms with Crippen molar-refractivity contribution in [3.05, 3.63) is 64.9 Å².